The summed E-state index contributed by atoms with van der Waals surface area (Å²) in [4.78, 5) is 38.3. The van der Waals surface area contributed by atoms with Crippen LogP contribution in [0, 0.1) is 20.8 Å². The summed E-state index contributed by atoms with van der Waals surface area (Å²) < 4.78 is 0. The van der Waals surface area contributed by atoms with Gasteiger partial charge in [-0.05, 0) is 55.8 Å². The Kier molecular flexibility index (Phi) is 5.46. The van der Waals surface area contributed by atoms with Crippen molar-refractivity contribution in [3.05, 3.63) is 69.6 Å². The van der Waals surface area contributed by atoms with E-state index in [2.05, 4.69) is 5.32 Å². The van der Waals surface area contributed by atoms with E-state index in [1.807, 2.05) is 63.2 Å². The molecule has 0 unspecified atom stereocenters. The second-order valence-electron chi connectivity index (χ2n) is 6.55. The molecule has 138 valence electrons. The lowest BCUT2D eigenvalue weighted by atomic mass is 10.1. The minimum absolute atomic E-state index is 0.302. The molecule has 1 aliphatic heterocycles. The maximum atomic E-state index is 12.5. The second-order valence-corrected chi connectivity index (χ2v) is 7.54. The highest BCUT2D eigenvalue weighted by molar-refractivity contribution is 8.18. The molecule has 0 aliphatic carbocycles. The number of hydrogen-bond acceptors (Lipinski definition) is 4. The number of nitrogens with one attached hydrogen (secondary N) is 1. The highest BCUT2D eigenvalue weighted by Gasteiger charge is 2.36. The highest BCUT2D eigenvalue weighted by atomic mass is 32.2. The first kappa shape index (κ1) is 18.9. The van der Waals surface area contributed by atoms with E-state index in [9.17, 15) is 14.4 Å². The van der Waals surface area contributed by atoms with Crippen molar-refractivity contribution >= 4 is 40.6 Å². The van der Waals surface area contributed by atoms with Gasteiger partial charge in [0.15, 0.2) is 0 Å². The number of benzene rings is 2. The molecular formula is C21H20N2O3S. The Labute approximate surface area is 162 Å². The third kappa shape index (κ3) is 4.46. The average molecular weight is 380 g/mol. The van der Waals surface area contributed by atoms with Gasteiger partial charge in [-0.15, -0.1) is 0 Å². The zero-order valence-corrected chi connectivity index (χ0v) is 16.2. The second kappa shape index (κ2) is 7.80. The van der Waals surface area contributed by atoms with Gasteiger partial charge in [0.25, 0.3) is 11.1 Å². The Hall–Kier alpha value is -2.86. The van der Waals surface area contributed by atoms with Crippen LogP contribution in [0.15, 0.2) is 47.4 Å². The lowest BCUT2D eigenvalue weighted by Gasteiger charge is -2.14. The number of hydrogen-bond donors (Lipinski definition) is 1. The van der Waals surface area contributed by atoms with Crippen molar-refractivity contribution in [1.82, 2.24) is 4.90 Å². The molecule has 27 heavy (non-hydrogen) atoms. The summed E-state index contributed by atoms with van der Waals surface area (Å²) in [5, 5.41) is 2.33. The van der Waals surface area contributed by atoms with Crippen LogP contribution < -0.4 is 5.32 Å². The molecule has 0 bridgehead atoms. The molecule has 1 saturated heterocycles. The molecule has 1 aliphatic rings. The minimum Gasteiger partial charge on any atom is -0.324 e. The topological polar surface area (TPSA) is 66.5 Å². The third-order valence-corrected chi connectivity index (χ3v) is 5.11. The van der Waals surface area contributed by atoms with Gasteiger partial charge in [0.1, 0.15) is 6.54 Å². The van der Waals surface area contributed by atoms with Crippen molar-refractivity contribution in [2.24, 2.45) is 0 Å². The Morgan fingerprint density at radius 1 is 1.04 bits per heavy atom. The molecule has 3 rings (SSSR count). The first-order valence-corrected chi connectivity index (χ1v) is 9.34. The van der Waals surface area contributed by atoms with E-state index in [0.717, 1.165) is 38.9 Å². The SMILES string of the molecule is Cc1ccc(/C=C2\SC(=O)N(CC(=O)Nc3ccc(C)cc3C)C2=O)cc1. The molecule has 3 amide bonds. The quantitative estimate of drug-likeness (QED) is 0.804. The standard InChI is InChI=1S/C21H20N2O3S/c1-13-4-7-16(8-5-13)11-18-20(25)23(21(26)27-18)12-19(24)22-17-9-6-14(2)10-15(17)3/h4-11H,12H2,1-3H3,(H,22,24)/b18-11-. The minimum atomic E-state index is -0.443. The summed E-state index contributed by atoms with van der Waals surface area (Å²) in [6.45, 7) is 5.54. The number of thioether (sulfide) groups is 1. The van der Waals surface area contributed by atoms with Crippen LogP contribution >= 0.6 is 11.8 Å². The molecule has 1 heterocycles. The molecule has 2 aromatic carbocycles. The van der Waals surface area contributed by atoms with E-state index < -0.39 is 17.1 Å². The molecule has 0 saturated carbocycles. The van der Waals surface area contributed by atoms with Crippen LogP contribution in [-0.4, -0.2) is 28.5 Å². The predicted octanol–water partition coefficient (Wildman–Crippen LogP) is 4.29. The maximum absolute atomic E-state index is 12.5. The number of aryl methyl sites for hydroxylation is 3. The van der Waals surface area contributed by atoms with Crippen molar-refractivity contribution in [3.63, 3.8) is 0 Å². The van der Waals surface area contributed by atoms with Gasteiger partial charge >= 0.3 is 0 Å². The monoisotopic (exact) mass is 380 g/mol. The molecule has 0 aromatic heterocycles. The fraction of sp³-hybridized carbons (Fsp3) is 0.190. The third-order valence-electron chi connectivity index (χ3n) is 4.21. The van der Waals surface area contributed by atoms with Crippen LogP contribution in [0.5, 0.6) is 0 Å². The lowest BCUT2D eigenvalue weighted by Crippen LogP contribution is -2.36. The van der Waals surface area contributed by atoms with Crippen molar-refractivity contribution in [2.75, 3.05) is 11.9 Å². The first-order chi connectivity index (χ1) is 12.8. The Morgan fingerprint density at radius 2 is 1.70 bits per heavy atom. The van der Waals surface area contributed by atoms with Crippen LogP contribution in [0.3, 0.4) is 0 Å². The van der Waals surface area contributed by atoms with Crippen molar-refractivity contribution in [2.45, 2.75) is 20.8 Å². The number of amides is 3. The van der Waals surface area contributed by atoms with E-state index in [0.29, 0.717) is 10.6 Å². The Balaban J connectivity index is 1.69. The van der Waals surface area contributed by atoms with E-state index in [-0.39, 0.29) is 6.54 Å². The highest BCUT2D eigenvalue weighted by Crippen LogP contribution is 2.32. The number of rotatable bonds is 4. The summed E-state index contributed by atoms with van der Waals surface area (Å²) >= 11 is 0.853. The van der Waals surface area contributed by atoms with Crippen LogP contribution in [0.2, 0.25) is 0 Å². The fourth-order valence-corrected chi connectivity index (χ4v) is 3.58. The number of imide groups is 1. The average Bonchev–Trinajstić information content (AvgIpc) is 2.87. The van der Waals surface area contributed by atoms with Crippen LogP contribution in [0.25, 0.3) is 6.08 Å². The van der Waals surface area contributed by atoms with Crippen molar-refractivity contribution in [1.29, 1.82) is 0 Å². The predicted molar refractivity (Wildman–Crippen MR) is 108 cm³/mol. The van der Waals surface area contributed by atoms with E-state index in [1.54, 1.807) is 6.08 Å². The molecular weight excluding hydrogens is 360 g/mol. The van der Waals surface area contributed by atoms with Crippen molar-refractivity contribution < 1.29 is 14.4 Å². The first-order valence-electron chi connectivity index (χ1n) is 8.52. The molecule has 1 N–H and O–H groups in total. The number of nitrogens with zero attached hydrogens (tertiary/aromatic N) is 1. The summed E-state index contributed by atoms with van der Waals surface area (Å²) in [7, 11) is 0. The molecule has 5 nitrogen and oxygen atoms in total. The lowest BCUT2D eigenvalue weighted by molar-refractivity contribution is -0.127. The van der Waals surface area contributed by atoms with Gasteiger partial charge in [-0.2, -0.15) is 0 Å². The van der Waals surface area contributed by atoms with Gasteiger partial charge in [0, 0.05) is 5.69 Å². The van der Waals surface area contributed by atoms with E-state index >= 15 is 0 Å². The van der Waals surface area contributed by atoms with Gasteiger partial charge in [-0.1, -0.05) is 47.5 Å². The largest absolute Gasteiger partial charge is 0.324 e. The zero-order valence-electron chi connectivity index (χ0n) is 15.4. The Bertz CT molecular complexity index is 948. The molecule has 0 spiro atoms. The maximum Gasteiger partial charge on any atom is 0.294 e. The summed E-state index contributed by atoms with van der Waals surface area (Å²) in [5.41, 5.74) is 4.65. The molecule has 2 aromatic rings. The van der Waals surface area contributed by atoms with Gasteiger partial charge in [-0.3, -0.25) is 19.3 Å². The van der Waals surface area contributed by atoms with Gasteiger partial charge in [0.05, 0.1) is 4.91 Å². The normalized spacial score (nSPS) is 15.5. The molecule has 0 atom stereocenters. The number of carbonyl (C=O) groups excluding carboxylic acids is 3. The zero-order chi connectivity index (χ0) is 19.6. The van der Waals surface area contributed by atoms with Gasteiger partial charge in [0.2, 0.25) is 5.91 Å². The van der Waals surface area contributed by atoms with Crippen LogP contribution in [0.1, 0.15) is 22.3 Å². The van der Waals surface area contributed by atoms with Crippen LogP contribution in [0.4, 0.5) is 10.5 Å². The molecule has 0 radical (unpaired) electrons. The van der Waals surface area contributed by atoms with Crippen molar-refractivity contribution in [3.8, 4) is 0 Å². The van der Waals surface area contributed by atoms with Gasteiger partial charge in [-0.25, -0.2) is 0 Å². The molecule has 6 heteroatoms. The van der Waals surface area contributed by atoms with E-state index in [4.69, 9.17) is 0 Å². The smallest absolute Gasteiger partial charge is 0.294 e. The molecule has 1 fully saturated rings. The number of anilines is 1. The fourth-order valence-electron chi connectivity index (χ4n) is 2.74. The van der Waals surface area contributed by atoms with E-state index in [1.165, 1.54) is 0 Å². The summed E-state index contributed by atoms with van der Waals surface area (Å²) in [6.07, 6.45) is 1.67. The number of carbonyl (C=O) groups is 3. The summed E-state index contributed by atoms with van der Waals surface area (Å²) in [5.74, 6) is -0.845. The Morgan fingerprint density at radius 3 is 2.37 bits per heavy atom. The van der Waals surface area contributed by atoms with Gasteiger partial charge < -0.3 is 5.32 Å². The van der Waals surface area contributed by atoms with Crippen LogP contribution in [-0.2, 0) is 9.59 Å². The summed E-state index contributed by atoms with van der Waals surface area (Å²) in [6, 6.07) is 13.3.